The number of hydrogen-bond acceptors (Lipinski definition) is 4. The summed E-state index contributed by atoms with van der Waals surface area (Å²) >= 11 is 0. The Morgan fingerprint density at radius 2 is 1.09 bits per heavy atom. The lowest BCUT2D eigenvalue weighted by molar-refractivity contribution is -0.152. The molecule has 1 rings (SSSR count). The molecule has 1 aromatic rings. The zero-order chi connectivity index (χ0) is 17.5. The van der Waals surface area contributed by atoms with E-state index in [4.69, 9.17) is 0 Å². The van der Waals surface area contributed by atoms with Gasteiger partial charge in [0.2, 0.25) is 0 Å². The van der Waals surface area contributed by atoms with E-state index in [1.807, 2.05) is 0 Å². The number of aromatic nitrogens is 1. The molecule has 0 aliphatic carbocycles. The van der Waals surface area contributed by atoms with Crippen LogP contribution in [0.2, 0.25) is 0 Å². The second kappa shape index (κ2) is 5.54. The monoisotopic (exact) mass is 333 g/mol. The SMILES string of the molecule is COC(=O)c1c(C(=O)OC)c(C(F)(F)F)n(C)c1C(F)(F)F. The van der Waals surface area contributed by atoms with Crippen molar-refractivity contribution >= 4 is 11.9 Å². The maximum absolute atomic E-state index is 13.0. The van der Waals surface area contributed by atoms with Gasteiger partial charge in [-0.2, -0.15) is 26.3 Å². The molecule has 0 unspecified atom stereocenters. The molecule has 0 saturated heterocycles. The van der Waals surface area contributed by atoms with Gasteiger partial charge in [-0.1, -0.05) is 0 Å². The standard InChI is InChI=1S/C11H9F6NO4/c1-18-6(10(12,13)14)4(8(19)21-2)5(9(20)22-3)7(18)11(15,16)17/h1-3H3. The third-order valence-corrected chi connectivity index (χ3v) is 2.71. The maximum Gasteiger partial charge on any atom is 0.432 e. The van der Waals surface area contributed by atoms with Crippen LogP contribution in [0.5, 0.6) is 0 Å². The summed E-state index contributed by atoms with van der Waals surface area (Å²) in [5, 5.41) is 0. The topological polar surface area (TPSA) is 57.5 Å². The van der Waals surface area contributed by atoms with Gasteiger partial charge in [-0.05, 0) is 0 Å². The summed E-state index contributed by atoms with van der Waals surface area (Å²) in [6.45, 7) is 0. The van der Waals surface area contributed by atoms with E-state index >= 15 is 0 Å². The maximum atomic E-state index is 13.0. The predicted octanol–water partition coefficient (Wildman–Crippen LogP) is 2.64. The van der Waals surface area contributed by atoms with E-state index in [0.717, 1.165) is 0 Å². The highest BCUT2D eigenvalue weighted by atomic mass is 19.4. The molecule has 0 bridgehead atoms. The van der Waals surface area contributed by atoms with E-state index in [1.165, 1.54) is 0 Å². The van der Waals surface area contributed by atoms with Gasteiger partial charge in [-0.25, -0.2) is 9.59 Å². The van der Waals surface area contributed by atoms with Crippen LogP contribution in [-0.4, -0.2) is 30.7 Å². The Labute approximate surface area is 119 Å². The molecule has 0 atom stereocenters. The van der Waals surface area contributed by atoms with Gasteiger partial charge in [0.15, 0.2) is 0 Å². The third kappa shape index (κ3) is 2.88. The minimum Gasteiger partial charge on any atom is -0.465 e. The first-order chi connectivity index (χ1) is 9.87. The van der Waals surface area contributed by atoms with E-state index in [-0.39, 0.29) is 4.57 Å². The quantitative estimate of drug-likeness (QED) is 0.617. The molecule has 0 spiro atoms. The number of nitrogens with zero attached hydrogens (tertiary/aromatic N) is 1. The van der Waals surface area contributed by atoms with E-state index < -0.39 is 46.8 Å². The number of carbonyl (C=O) groups excluding carboxylic acids is 2. The minimum atomic E-state index is -5.33. The van der Waals surface area contributed by atoms with Crippen molar-refractivity contribution in [2.24, 2.45) is 7.05 Å². The molecule has 22 heavy (non-hydrogen) atoms. The molecule has 0 N–H and O–H groups in total. The lowest BCUT2D eigenvalue weighted by Crippen LogP contribution is -2.19. The van der Waals surface area contributed by atoms with Crippen molar-refractivity contribution in [3.63, 3.8) is 0 Å². The summed E-state index contributed by atoms with van der Waals surface area (Å²) in [7, 11) is 1.78. The number of hydrogen-bond donors (Lipinski definition) is 0. The van der Waals surface area contributed by atoms with Crippen LogP contribution in [0.15, 0.2) is 0 Å². The zero-order valence-electron chi connectivity index (χ0n) is 11.3. The lowest BCUT2D eigenvalue weighted by Gasteiger charge is -2.13. The van der Waals surface area contributed by atoms with Crippen LogP contribution in [0.3, 0.4) is 0 Å². The highest BCUT2D eigenvalue weighted by Gasteiger charge is 2.50. The molecule has 0 aromatic carbocycles. The summed E-state index contributed by atoms with van der Waals surface area (Å²) in [5.41, 5.74) is -6.99. The first-order valence-corrected chi connectivity index (χ1v) is 5.41. The highest BCUT2D eigenvalue weighted by Crippen LogP contribution is 2.42. The Kier molecular flexibility index (Phi) is 4.49. The molecule has 1 aromatic heterocycles. The smallest absolute Gasteiger partial charge is 0.432 e. The second-order valence-corrected chi connectivity index (χ2v) is 3.98. The second-order valence-electron chi connectivity index (χ2n) is 3.98. The Bertz CT molecular complexity index is 562. The first-order valence-electron chi connectivity index (χ1n) is 5.41. The van der Waals surface area contributed by atoms with Crippen molar-refractivity contribution in [3.05, 3.63) is 22.5 Å². The summed E-state index contributed by atoms with van der Waals surface area (Å²) in [5.74, 6) is -3.47. The molecule has 0 radical (unpaired) electrons. The van der Waals surface area contributed by atoms with Crippen LogP contribution in [0.25, 0.3) is 0 Å². The largest absolute Gasteiger partial charge is 0.465 e. The lowest BCUT2D eigenvalue weighted by atomic mass is 10.1. The van der Waals surface area contributed by atoms with Gasteiger partial charge in [0.25, 0.3) is 0 Å². The number of methoxy groups -OCH3 is 2. The van der Waals surface area contributed by atoms with Crippen molar-refractivity contribution in [2.45, 2.75) is 12.4 Å². The summed E-state index contributed by atoms with van der Waals surface area (Å²) < 4.78 is 85.8. The van der Waals surface area contributed by atoms with Crippen LogP contribution in [-0.2, 0) is 28.9 Å². The van der Waals surface area contributed by atoms with E-state index in [9.17, 15) is 35.9 Å². The summed E-state index contributed by atoms with van der Waals surface area (Å²) in [4.78, 5) is 23.0. The molecule has 0 saturated carbocycles. The third-order valence-electron chi connectivity index (χ3n) is 2.71. The Hall–Kier alpha value is -2.20. The fourth-order valence-corrected chi connectivity index (χ4v) is 1.95. The number of rotatable bonds is 2. The van der Waals surface area contributed by atoms with Crippen molar-refractivity contribution in [1.29, 1.82) is 0 Å². The van der Waals surface area contributed by atoms with Crippen LogP contribution >= 0.6 is 0 Å². The fraction of sp³-hybridized carbons (Fsp3) is 0.455. The number of halogens is 6. The fourth-order valence-electron chi connectivity index (χ4n) is 1.95. The van der Waals surface area contributed by atoms with Crippen molar-refractivity contribution in [2.75, 3.05) is 14.2 Å². The molecule has 0 amide bonds. The molecule has 5 nitrogen and oxygen atoms in total. The normalized spacial score (nSPS) is 12.2. The molecule has 124 valence electrons. The van der Waals surface area contributed by atoms with Crippen LogP contribution < -0.4 is 0 Å². The summed E-state index contributed by atoms with van der Waals surface area (Å²) in [6.07, 6.45) is -10.7. The van der Waals surface area contributed by atoms with Gasteiger partial charge in [-0.15, -0.1) is 0 Å². The number of carbonyl (C=O) groups is 2. The van der Waals surface area contributed by atoms with Gasteiger partial charge < -0.3 is 14.0 Å². The van der Waals surface area contributed by atoms with Crippen LogP contribution in [0, 0.1) is 0 Å². The Morgan fingerprint density at radius 3 is 1.27 bits per heavy atom. The summed E-state index contributed by atoms with van der Waals surface area (Å²) in [6, 6.07) is 0. The number of ether oxygens (including phenoxy) is 2. The Balaban J connectivity index is 4.00. The number of alkyl halides is 6. The minimum absolute atomic E-state index is 0.321. The van der Waals surface area contributed by atoms with Gasteiger partial charge in [-0.3, -0.25) is 0 Å². The first kappa shape index (κ1) is 17.9. The predicted molar refractivity (Wildman–Crippen MR) is 58.1 cm³/mol. The van der Waals surface area contributed by atoms with Gasteiger partial charge in [0.1, 0.15) is 22.5 Å². The molecule has 0 fully saturated rings. The van der Waals surface area contributed by atoms with E-state index in [1.54, 1.807) is 0 Å². The molecule has 0 aliphatic rings. The molecular formula is C11H9F6NO4. The van der Waals surface area contributed by atoms with E-state index in [0.29, 0.717) is 21.3 Å². The van der Waals surface area contributed by atoms with Crippen LogP contribution in [0.4, 0.5) is 26.3 Å². The van der Waals surface area contributed by atoms with Gasteiger partial charge in [0.05, 0.1) is 14.2 Å². The van der Waals surface area contributed by atoms with Crippen molar-refractivity contribution in [1.82, 2.24) is 4.57 Å². The average Bonchev–Trinajstić information content (AvgIpc) is 2.69. The van der Waals surface area contributed by atoms with Gasteiger partial charge in [0, 0.05) is 7.05 Å². The molecule has 1 heterocycles. The zero-order valence-corrected chi connectivity index (χ0v) is 11.3. The van der Waals surface area contributed by atoms with Crippen molar-refractivity contribution in [3.8, 4) is 0 Å². The Morgan fingerprint density at radius 1 is 0.818 bits per heavy atom. The highest BCUT2D eigenvalue weighted by molar-refractivity contribution is 6.05. The molecular weight excluding hydrogens is 324 g/mol. The average molecular weight is 333 g/mol. The number of esters is 2. The van der Waals surface area contributed by atoms with E-state index in [2.05, 4.69) is 9.47 Å². The van der Waals surface area contributed by atoms with Crippen LogP contribution in [0.1, 0.15) is 32.1 Å². The van der Waals surface area contributed by atoms with Gasteiger partial charge >= 0.3 is 24.3 Å². The van der Waals surface area contributed by atoms with Crippen molar-refractivity contribution < 1.29 is 45.4 Å². The molecule has 0 aliphatic heterocycles. The molecule has 11 heteroatoms.